The van der Waals surface area contributed by atoms with Gasteiger partial charge in [0.15, 0.2) is 5.78 Å². The fraction of sp³-hybridized carbons (Fsp3) is 0.536. The van der Waals surface area contributed by atoms with Crippen molar-refractivity contribution in [1.29, 1.82) is 0 Å². The van der Waals surface area contributed by atoms with E-state index in [1.165, 1.54) is 42.7 Å². The minimum absolute atomic E-state index is 0.335. The average molecular weight is 432 g/mol. The molecular formula is C28H33NOS. The van der Waals surface area contributed by atoms with Crippen molar-refractivity contribution >= 4 is 17.5 Å². The van der Waals surface area contributed by atoms with Crippen molar-refractivity contribution in [2.75, 3.05) is 0 Å². The van der Waals surface area contributed by atoms with Crippen molar-refractivity contribution in [3.8, 4) is 0 Å². The maximum atomic E-state index is 13.0. The summed E-state index contributed by atoms with van der Waals surface area (Å²) in [5.74, 6) is 3.08. The SMILES string of the molecule is CCC1C2=CSC(=CC3C=CC4=C(C3C)C3CCCC3N4C3=CC=CCC3)C(=O)CC21. The minimum atomic E-state index is 0.335. The van der Waals surface area contributed by atoms with Crippen LogP contribution in [0.1, 0.15) is 58.8 Å². The fourth-order valence-electron chi connectivity index (χ4n) is 6.97. The summed E-state index contributed by atoms with van der Waals surface area (Å²) in [5, 5.41) is 2.30. The Morgan fingerprint density at radius 2 is 2.16 bits per heavy atom. The highest BCUT2D eigenvalue weighted by Gasteiger charge is 2.48. The topological polar surface area (TPSA) is 20.3 Å². The summed E-state index contributed by atoms with van der Waals surface area (Å²) in [6.07, 6.45) is 22.1. The molecule has 2 aliphatic heterocycles. The zero-order chi connectivity index (χ0) is 21.1. The lowest BCUT2D eigenvalue weighted by atomic mass is 9.77. The van der Waals surface area contributed by atoms with Crippen LogP contribution >= 0.6 is 11.8 Å². The van der Waals surface area contributed by atoms with E-state index in [4.69, 9.17) is 0 Å². The van der Waals surface area contributed by atoms with Gasteiger partial charge in [0, 0.05) is 35.7 Å². The van der Waals surface area contributed by atoms with Gasteiger partial charge < -0.3 is 4.90 Å². The van der Waals surface area contributed by atoms with Gasteiger partial charge >= 0.3 is 0 Å². The molecule has 0 saturated heterocycles. The summed E-state index contributed by atoms with van der Waals surface area (Å²) in [6.45, 7) is 4.65. The van der Waals surface area contributed by atoms with Gasteiger partial charge in [-0.25, -0.2) is 0 Å². The van der Waals surface area contributed by atoms with Crippen molar-refractivity contribution in [2.45, 2.75) is 64.8 Å². The van der Waals surface area contributed by atoms with Gasteiger partial charge in [-0.1, -0.05) is 61.9 Å². The molecule has 0 spiro atoms. The van der Waals surface area contributed by atoms with Gasteiger partial charge in [0.2, 0.25) is 0 Å². The third-order valence-corrected chi connectivity index (χ3v) is 9.64. The molecule has 3 heteroatoms. The van der Waals surface area contributed by atoms with E-state index in [1.54, 1.807) is 17.3 Å². The molecule has 2 nitrogen and oxygen atoms in total. The Bertz CT molecular complexity index is 992. The molecule has 0 N–H and O–H groups in total. The van der Waals surface area contributed by atoms with Crippen LogP contribution in [0.4, 0.5) is 0 Å². The number of nitrogens with zero attached hydrogens (tertiary/aromatic N) is 1. The standard InChI is InChI=1S/C28H33NOS/c1-3-20-22-15-26(30)27(31-16-23(20)22)14-18-12-13-25-28(17(18)2)21-10-7-11-24(21)29(25)19-8-5-4-6-9-19/h4-5,8,12-14,16-18,20-22,24H,3,6-7,9-11,15H2,1-2H3. The van der Waals surface area contributed by atoms with Gasteiger partial charge in [0.25, 0.3) is 0 Å². The molecule has 162 valence electrons. The Morgan fingerprint density at radius 3 is 2.97 bits per heavy atom. The maximum Gasteiger partial charge on any atom is 0.169 e. The molecule has 2 heterocycles. The van der Waals surface area contributed by atoms with E-state index in [2.05, 4.69) is 60.6 Å². The zero-order valence-electron chi connectivity index (χ0n) is 18.7. The van der Waals surface area contributed by atoms with Crippen LogP contribution in [0.25, 0.3) is 0 Å². The normalized spacial score (nSPS) is 39.9. The maximum absolute atomic E-state index is 13.0. The second kappa shape index (κ2) is 7.69. The Kier molecular flexibility index (Phi) is 4.94. The van der Waals surface area contributed by atoms with Crippen molar-refractivity contribution in [1.82, 2.24) is 4.90 Å². The average Bonchev–Trinajstić information content (AvgIpc) is 3.11. The summed E-state index contributed by atoms with van der Waals surface area (Å²) in [6, 6.07) is 0.651. The lowest BCUT2D eigenvalue weighted by Crippen LogP contribution is -2.30. The van der Waals surface area contributed by atoms with Crippen LogP contribution < -0.4 is 0 Å². The number of thioether (sulfide) groups is 1. The number of hydrogen-bond acceptors (Lipinski definition) is 3. The highest BCUT2D eigenvalue weighted by atomic mass is 32.2. The number of fused-ring (bicyclic) bond motifs is 3. The largest absolute Gasteiger partial charge is 0.341 e. The Balaban J connectivity index is 1.29. The van der Waals surface area contributed by atoms with E-state index >= 15 is 0 Å². The van der Waals surface area contributed by atoms with Gasteiger partial charge in [-0.2, -0.15) is 0 Å². The fourth-order valence-corrected chi connectivity index (χ4v) is 8.03. The second-order valence-corrected chi connectivity index (χ2v) is 11.1. The number of hydrogen-bond donors (Lipinski definition) is 0. The number of carbonyl (C=O) groups excluding carboxylic acids is 1. The lowest BCUT2D eigenvalue weighted by molar-refractivity contribution is -0.115. The molecule has 0 aromatic carbocycles. The van der Waals surface area contributed by atoms with Crippen molar-refractivity contribution < 1.29 is 4.79 Å². The summed E-state index contributed by atoms with van der Waals surface area (Å²) < 4.78 is 0. The first-order chi connectivity index (χ1) is 15.2. The molecule has 0 aromatic rings. The van der Waals surface area contributed by atoms with Crippen molar-refractivity contribution in [2.24, 2.45) is 29.6 Å². The predicted molar refractivity (Wildman–Crippen MR) is 129 cm³/mol. The van der Waals surface area contributed by atoms with E-state index in [1.807, 2.05) is 0 Å². The van der Waals surface area contributed by atoms with Gasteiger partial charge in [0.1, 0.15) is 0 Å². The number of Topliss-reactive ketones (excluding diaryl/α,β-unsaturated/α-hetero) is 1. The molecule has 2 saturated carbocycles. The van der Waals surface area contributed by atoms with E-state index in [0.29, 0.717) is 41.4 Å². The first kappa shape index (κ1) is 19.9. The molecule has 4 aliphatic carbocycles. The number of carbonyl (C=O) groups is 1. The molecule has 6 rings (SSSR count). The monoisotopic (exact) mass is 431 g/mol. The van der Waals surface area contributed by atoms with Crippen LogP contribution in [0.2, 0.25) is 0 Å². The third-order valence-electron chi connectivity index (χ3n) is 8.63. The molecule has 2 fully saturated rings. The number of rotatable bonds is 3. The molecule has 6 aliphatic rings. The summed E-state index contributed by atoms with van der Waals surface area (Å²) in [5.41, 5.74) is 6.17. The summed E-state index contributed by atoms with van der Waals surface area (Å²) >= 11 is 1.70. The van der Waals surface area contributed by atoms with Crippen LogP contribution in [-0.4, -0.2) is 16.7 Å². The van der Waals surface area contributed by atoms with Crippen LogP contribution in [0.15, 0.2) is 69.3 Å². The van der Waals surface area contributed by atoms with Crippen LogP contribution in [0.3, 0.4) is 0 Å². The molecular weight excluding hydrogens is 398 g/mol. The molecule has 0 amide bonds. The molecule has 31 heavy (non-hydrogen) atoms. The highest BCUT2D eigenvalue weighted by molar-refractivity contribution is 8.06. The summed E-state index contributed by atoms with van der Waals surface area (Å²) in [4.78, 5) is 16.7. The molecule has 0 aromatic heterocycles. The zero-order valence-corrected chi connectivity index (χ0v) is 19.5. The Hall–Kier alpha value is -1.74. The molecule has 0 bridgehead atoms. The first-order valence-corrected chi connectivity index (χ1v) is 13.2. The molecule has 0 radical (unpaired) electrons. The molecule has 6 unspecified atom stereocenters. The smallest absolute Gasteiger partial charge is 0.169 e. The van der Waals surface area contributed by atoms with Crippen LogP contribution in [-0.2, 0) is 4.79 Å². The Morgan fingerprint density at radius 1 is 1.26 bits per heavy atom. The van der Waals surface area contributed by atoms with Crippen molar-refractivity contribution in [3.63, 3.8) is 0 Å². The quantitative estimate of drug-likeness (QED) is 0.453. The van der Waals surface area contributed by atoms with Crippen molar-refractivity contribution in [3.05, 3.63) is 69.3 Å². The van der Waals surface area contributed by atoms with E-state index in [9.17, 15) is 4.79 Å². The minimum Gasteiger partial charge on any atom is -0.341 e. The lowest BCUT2D eigenvalue weighted by Gasteiger charge is -2.32. The van der Waals surface area contributed by atoms with E-state index in [-0.39, 0.29) is 0 Å². The van der Waals surface area contributed by atoms with E-state index in [0.717, 1.165) is 24.2 Å². The van der Waals surface area contributed by atoms with Gasteiger partial charge in [-0.15, -0.1) is 0 Å². The number of ketones is 1. The second-order valence-electron chi connectivity index (χ2n) is 10.2. The van der Waals surface area contributed by atoms with Crippen LogP contribution in [0, 0.1) is 29.6 Å². The van der Waals surface area contributed by atoms with Gasteiger partial charge in [-0.3, -0.25) is 4.79 Å². The summed E-state index contributed by atoms with van der Waals surface area (Å²) in [7, 11) is 0. The van der Waals surface area contributed by atoms with Gasteiger partial charge in [-0.05, 0) is 73.0 Å². The Labute approximate surface area is 190 Å². The predicted octanol–water partition coefficient (Wildman–Crippen LogP) is 6.91. The first-order valence-electron chi connectivity index (χ1n) is 12.4. The van der Waals surface area contributed by atoms with Crippen LogP contribution in [0.5, 0.6) is 0 Å². The van der Waals surface area contributed by atoms with Gasteiger partial charge in [0.05, 0.1) is 4.91 Å². The third kappa shape index (κ3) is 3.18. The molecule has 6 atom stereocenters. The highest BCUT2D eigenvalue weighted by Crippen LogP contribution is 2.55. The van der Waals surface area contributed by atoms with E-state index < -0.39 is 0 Å². The number of allylic oxidation sites excluding steroid dienone is 9.